The van der Waals surface area contributed by atoms with E-state index in [0.717, 1.165) is 0 Å². The summed E-state index contributed by atoms with van der Waals surface area (Å²) in [6.07, 6.45) is -5.63. The van der Waals surface area contributed by atoms with Gasteiger partial charge in [0, 0.05) is 6.54 Å². The van der Waals surface area contributed by atoms with Crippen LogP contribution in [0.15, 0.2) is 0 Å². The number of aliphatic hydroxyl groups is 5. The van der Waals surface area contributed by atoms with Crippen molar-refractivity contribution in [1.82, 2.24) is 4.90 Å². The standard InChI is InChI=1S/C8H19NO5/c1-9(2)3-5(11)7(13)8(14)6(12)4-10/h5-8,10-14H,3-4H2,1-2H3/t5-,6?,7+,8+/m0/s1. The fraction of sp³-hybridized carbons (Fsp3) is 1.00. The Morgan fingerprint density at radius 3 is 1.71 bits per heavy atom. The molecular formula is C8H19NO5. The number of hydrogen-bond donors (Lipinski definition) is 5. The first-order valence-corrected chi connectivity index (χ1v) is 4.38. The van der Waals surface area contributed by atoms with Gasteiger partial charge >= 0.3 is 0 Å². The van der Waals surface area contributed by atoms with Gasteiger partial charge in [-0.1, -0.05) is 0 Å². The van der Waals surface area contributed by atoms with Crippen molar-refractivity contribution in [2.75, 3.05) is 27.2 Å². The lowest BCUT2D eigenvalue weighted by molar-refractivity contribution is -0.117. The molecule has 0 aromatic carbocycles. The second kappa shape index (κ2) is 6.28. The van der Waals surface area contributed by atoms with E-state index in [0.29, 0.717) is 0 Å². The Labute approximate surface area is 83.0 Å². The summed E-state index contributed by atoms with van der Waals surface area (Å²) in [6, 6.07) is 0. The Kier molecular flexibility index (Phi) is 6.17. The van der Waals surface area contributed by atoms with E-state index in [2.05, 4.69) is 0 Å². The van der Waals surface area contributed by atoms with Crippen LogP contribution in [0, 0.1) is 0 Å². The Bertz CT molecular complexity index is 155. The number of likely N-dealkylation sites (N-methyl/N-ethyl adjacent to an activating group) is 1. The average molecular weight is 209 g/mol. The van der Waals surface area contributed by atoms with Gasteiger partial charge < -0.3 is 30.4 Å². The van der Waals surface area contributed by atoms with Crippen LogP contribution in [0.1, 0.15) is 0 Å². The molecular weight excluding hydrogens is 190 g/mol. The molecule has 4 atom stereocenters. The first-order chi connectivity index (χ1) is 6.40. The predicted octanol–water partition coefficient (Wildman–Crippen LogP) is -3.02. The molecule has 0 radical (unpaired) electrons. The SMILES string of the molecule is CN(C)C[C@H](O)[C@@H](O)[C@H](O)C(O)CO. The number of aliphatic hydroxyl groups excluding tert-OH is 5. The molecule has 0 fully saturated rings. The summed E-state index contributed by atoms with van der Waals surface area (Å²) in [5, 5.41) is 45.4. The quantitative estimate of drug-likeness (QED) is 0.319. The van der Waals surface area contributed by atoms with Gasteiger partial charge in [-0.15, -0.1) is 0 Å². The fourth-order valence-electron chi connectivity index (χ4n) is 1.05. The molecule has 0 aliphatic rings. The number of rotatable bonds is 6. The summed E-state index contributed by atoms with van der Waals surface area (Å²) in [7, 11) is 3.40. The van der Waals surface area contributed by atoms with Crippen LogP contribution in [0.5, 0.6) is 0 Å². The fourth-order valence-corrected chi connectivity index (χ4v) is 1.05. The molecule has 0 amide bonds. The predicted molar refractivity (Wildman–Crippen MR) is 49.7 cm³/mol. The first-order valence-electron chi connectivity index (χ1n) is 4.38. The molecule has 0 aliphatic carbocycles. The number of nitrogens with zero attached hydrogens (tertiary/aromatic N) is 1. The van der Waals surface area contributed by atoms with Gasteiger partial charge in [-0.25, -0.2) is 0 Å². The van der Waals surface area contributed by atoms with Crippen LogP contribution < -0.4 is 0 Å². The van der Waals surface area contributed by atoms with E-state index in [1.807, 2.05) is 0 Å². The van der Waals surface area contributed by atoms with Crippen molar-refractivity contribution in [1.29, 1.82) is 0 Å². The van der Waals surface area contributed by atoms with E-state index in [1.54, 1.807) is 19.0 Å². The van der Waals surface area contributed by atoms with Crippen LogP contribution in [0.4, 0.5) is 0 Å². The van der Waals surface area contributed by atoms with Crippen LogP contribution in [-0.2, 0) is 0 Å². The molecule has 6 nitrogen and oxygen atoms in total. The molecule has 0 aliphatic heterocycles. The zero-order chi connectivity index (χ0) is 11.3. The van der Waals surface area contributed by atoms with E-state index in [4.69, 9.17) is 10.2 Å². The lowest BCUT2D eigenvalue weighted by atomic mass is 10.0. The monoisotopic (exact) mass is 209 g/mol. The maximum atomic E-state index is 9.36. The second-order valence-corrected chi connectivity index (χ2v) is 3.56. The Morgan fingerprint density at radius 1 is 0.929 bits per heavy atom. The summed E-state index contributed by atoms with van der Waals surface area (Å²) in [5.74, 6) is 0. The zero-order valence-electron chi connectivity index (χ0n) is 8.41. The highest BCUT2D eigenvalue weighted by molar-refractivity contribution is 4.81. The molecule has 0 aromatic rings. The summed E-state index contributed by atoms with van der Waals surface area (Å²) in [4.78, 5) is 1.63. The van der Waals surface area contributed by atoms with Crippen LogP contribution in [0.2, 0.25) is 0 Å². The third-order valence-corrected chi connectivity index (χ3v) is 1.88. The molecule has 0 rings (SSSR count). The van der Waals surface area contributed by atoms with Gasteiger partial charge in [0.15, 0.2) is 0 Å². The van der Waals surface area contributed by atoms with E-state index in [-0.39, 0.29) is 6.54 Å². The lowest BCUT2D eigenvalue weighted by Crippen LogP contribution is -2.48. The normalized spacial score (nSPS) is 20.6. The zero-order valence-corrected chi connectivity index (χ0v) is 8.41. The average Bonchev–Trinajstić information content (AvgIpc) is 2.13. The Balaban J connectivity index is 4.09. The van der Waals surface area contributed by atoms with Gasteiger partial charge in [-0.3, -0.25) is 0 Å². The van der Waals surface area contributed by atoms with Crippen molar-refractivity contribution in [3.05, 3.63) is 0 Å². The minimum Gasteiger partial charge on any atom is -0.394 e. The van der Waals surface area contributed by atoms with Gasteiger partial charge in [0.1, 0.15) is 18.3 Å². The van der Waals surface area contributed by atoms with Crippen molar-refractivity contribution in [2.45, 2.75) is 24.4 Å². The molecule has 86 valence electrons. The van der Waals surface area contributed by atoms with Gasteiger partial charge in [-0.2, -0.15) is 0 Å². The third-order valence-electron chi connectivity index (χ3n) is 1.88. The summed E-state index contributed by atoms with van der Waals surface area (Å²) < 4.78 is 0. The van der Waals surface area contributed by atoms with Crippen LogP contribution in [-0.4, -0.2) is 82.1 Å². The smallest absolute Gasteiger partial charge is 0.111 e. The largest absolute Gasteiger partial charge is 0.394 e. The molecule has 5 N–H and O–H groups in total. The summed E-state index contributed by atoms with van der Waals surface area (Å²) in [5.41, 5.74) is 0. The maximum Gasteiger partial charge on any atom is 0.111 e. The van der Waals surface area contributed by atoms with Gasteiger partial charge in [0.25, 0.3) is 0 Å². The molecule has 6 heteroatoms. The van der Waals surface area contributed by atoms with Gasteiger partial charge in [-0.05, 0) is 14.1 Å². The van der Waals surface area contributed by atoms with E-state index in [9.17, 15) is 15.3 Å². The van der Waals surface area contributed by atoms with E-state index < -0.39 is 31.0 Å². The lowest BCUT2D eigenvalue weighted by Gasteiger charge is -2.27. The van der Waals surface area contributed by atoms with Crippen LogP contribution in [0.3, 0.4) is 0 Å². The van der Waals surface area contributed by atoms with Crippen LogP contribution >= 0.6 is 0 Å². The summed E-state index contributed by atoms with van der Waals surface area (Å²) in [6.45, 7) is -0.497. The molecule has 1 unspecified atom stereocenters. The molecule has 0 heterocycles. The topological polar surface area (TPSA) is 104 Å². The molecule has 0 spiro atoms. The molecule has 14 heavy (non-hydrogen) atoms. The highest BCUT2D eigenvalue weighted by Crippen LogP contribution is 2.05. The molecule has 0 aromatic heterocycles. The van der Waals surface area contributed by atoms with Crippen molar-refractivity contribution in [2.24, 2.45) is 0 Å². The van der Waals surface area contributed by atoms with Crippen molar-refractivity contribution >= 4 is 0 Å². The van der Waals surface area contributed by atoms with E-state index >= 15 is 0 Å². The minimum absolute atomic E-state index is 0.163. The highest BCUT2D eigenvalue weighted by atomic mass is 16.4. The van der Waals surface area contributed by atoms with Gasteiger partial charge in [0.05, 0.1) is 12.7 Å². The Hall–Kier alpha value is -0.240. The molecule has 0 saturated heterocycles. The summed E-state index contributed by atoms with van der Waals surface area (Å²) >= 11 is 0. The van der Waals surface area contributed by atoms with E-state index in [1.165, 1.54) is 0 Å². The van der Waals surface area contributed by atoms with Crippen molar-refractivity contribution in [3.8, 4) is 0 Å². The van der Waals surface area contributed by atoms with Crippen LogP contribution in [0.25, 0.3) is 0 Å². The number of hydrogen-bond acceptors (Lipinski definition) is 6. The minimum atomic E-state index is -1.55. The maximum absolute atomic E-state index is 9.36. The van der Waals surface area contributed by atoms with Crippen molar-refractivity contribution in [3.63, 3.8) is 0 Å². The Morgan fingerprint density at radius 2 is 1.36 bits per heavy atom. The third kappa shape index (κ3) is 4.32. The van der Waals surface area contributed by atoms with Gasteiger partial charge in [0.2, 0.25) is 0 Å². The first kappa shape index (κ1) is 13.8. The molecule has 0 saturated carbocycles. The van der Waals surface area contributed by atoms with Crippen molar-refractivity contribution < 1.29 is 25.5 Å². The second-order valence-electron chi connectivity index (χ2n) is 3.56. The molecule has 0 bridgehead atoms. The highest BCUT2D eigenvalue weighted by Gasteiger charge is 2.29.